The molecule has 1 aromatic carbocycles. The summed E-state index contributed by atoms with van der Waals surface area (Å²) in [5.41, 5.74) is 0.792. The van der Waals surface area contributed by atoms with E-state index in [1.807, 2.05) is 17.0 Å². The molecule has 116 valence electrons. The Kier molecular flexibility index (Phi) is 5.85. The molecule has 1 aliphatic heterocycles. The molecule has 0 spiro atoms. The number of likely N-dealkylation sites (tertiary alicyclic amines) is 1. The van der Waals surface area contributed by atoms with Crippen molar-refractivity contribution < 1.29 is 14.6 Å². The number of nitrogens with zero attached hydrogens (tertiary/aromatic N) is 1. The van der Waals surface area contributed by atoms with Crippen molar-refractivity contribution in [2.45, 2.75) is 25.4 Å². The number of hydrogen-bond donors (Lipinski definition) is 2. The molecule has 0 saturated carbocycles. The molecule has 1 aliphatic rings. The Morgan fingerprint density at radius 2 is 2.19 bits per heavy atom. The molecule has 1 aromatic rings. The van der Waals surface area contributed by atoms with Crippen LogP contribution in [0.1, 0.15) is 18.4 Å². The van der Waals surface area contributed by atoms with Gasteiger partial charge in [-0.05, 0) is 18.9 Å². The minimum absolute atomic E-state index is 0.0448. The van der Waals surface area contributed by atoms with Gasteiger partial charge in [-0.15, -0.1) is 0 Å². The van der Waals surface area contributed by atoms with Crippen LogP contribution in [0.3, 0.4) is 0 Å². The van der Waals surface area contributed by atoms with Crippen molar-refractivity contribution in [2.24, 2.45) is 0 Å². The summed E-state index contributed by atoms with van der Waals surface area (Å²) >= 11 is 5.89. The van der Waals surface area contributed by atoms with Gasteiger partial charge >= 0.3 is 0 Å². The van der Waals surface area contributed by atoms with E-state index in [2.05, 4.69) is 5.32 Å². The fourth-order valence-electron chi connectivity index (χ4n) is 2.50. The van der Waals surface area contributed by atoms with E-state index in [-0.39, 0.29) is 18.3 Å². The Bertz CT molecular complexity index is 488. The number of ether oxygens (including phenoxy) is 1. The number of carbonyl (C=O) groups excluding carboxylic acids is 1. The summed E-state index contributed by atoms with van der Waals surface area (Å²) in [6.07, 6.45) is 1.80. The summed E-state index contributed by atoms with van der Waals surface area (Å²) in [7, 11) is 1.53. The second kappa shape index (κ2) is 7.64. The van der Waals surface area contributed by atoms with Crippen molar-refractivity contribution in [1.82, 2.24) is 10.2 Å². The van der Waals surface area contributed by atoms with E-state index in [9.17, 15) is 9.90 Å². The minimum Gasteiger partial charge on any atom is -0.506 e. The van der Waals surface area contributed by atoms with Crippen LogP contribution in [0.5, 0.6) is 5.75 Å². The molecule has 1 fully saturated rings. The molecular formula is C15H21ClN2O3. The molecule has 1 amide bonds. The van der Waals surface area contributed by atoms with Crippen LogP contribution in [0.2, 0.25) is 5.02 Å². The van der Waals surface area contributed by atoms with Gasteiger partial charge in [0.2, 0.25) is 5.91 Å². The molecule has 0 atom stereocenters. The molecular weight excluding hydrogens is 292 g/mol. The second-order valence-corrected chi connectivity index (χ2v) is 5.62. The summed E-state index contributed by atoms with van der Waals surface area (Å²) in [6, 6.07) is 5.69. The van der Waals surface area contributed by atoms with Crippen molar-refractivity contribution in [2.75, 3.05) is 26.8 Å². The summed E-state index contributed by atoms with van der Waals surface area (Å²) < 4.78 is 4.87. The highest BCUT2D eigenvalue weighted by Gasteiger charge is 2.22. The Morgan fingerprint density at radius 1 is 1.48 bits per heavy atom. The average molecular weight is 313 g/mol. The van der Waals surface area contributed by atoms with E-state index in [1.54, 1.807) is 6.07 Å². The third kappa shape index (κ3) is 4.33. The number of nitrogens with one attached hydrogen (secondary N) is 1. The van der Waals surface area contributed by atoms with Gasteiger partial charge in [0.25, 0.3) is 0 Å². The number of phenolic OH excluding ortho intramolecular Hbond substituents is 1. The van der Waals surface area contributed by atoms with Gasteiger partial charge in [0.15, 0.2) is 0 Å². The third-order valence-electron chi connectivity index (χ3n) is 3.77. The van der Waals surface area contributed by atoms with Crippen molar-refractivity contribution in [3.63, 3.8) is 0 Å². The van der Waals surface area contributed by atoms with Crippen LogP contribution < -0.4 is 5.32 Å². The Morgan fingerprint density at radius 3 is 2.86 bits per heavy atom. The van der Waals surface area contributed by atoms with Gasteiger partial charge in [0.05, 0.1) is 5.02 Å². The number of rotatable bonds is 5. The second-order valence-electron chi connectivity index (χ2n) is 5.22. The van der Waals surface area contributed by atoms with Crippen molar-refractivity contribution in [3.8, 4) is 5.75 Å². The lowest BCUT2D eigenvalue weighted by Gasteiger charge is -2.32. The van der Waals surface area contributed by atoms with E-state index >= 15 is 0 Å². The lowest BCUT2D eigenvalue weighted by atomic mass is 10.0. The molecule has 0 bridgehead atoms. The fourth-order valence-corrected chi connectivity index (χ4v) is 2.70. The molecule has 0 unspecified atom stereocenters. The smallest absolute Gasteiger partial charge is 0.248 e. The zero-order valence-electron chi connectivity index (χ0n) is 12.1. The van der Waals surface area contributed by atoms with E-state index in [1.165, 1.54) is 7.11 Å². The highest BCUT2D eigenvalue weighted by atomic mass is 35.5. The Hall–Kier alpha value is -1.30. The van der Waals surface area contributed by atoms with Crippen molar-refractivity contribution >= 4 is 17.5 Å². The summed E-state index contributed by atoms with van der Waals surface area (Å²) in [6.45, 7) is 2.19. The first-order chi connectivity index (χ1) is 10.1. The number of carbonyl (C=O) groups is 1. The van der Waals surface area contributed by atoms with Gasteiger partial charge in [-0.25, -0.2) is 0 Å². The number of aromatic hydroxyl groups is 1. The van der Waals surface area contributed by atoms with Crippen LogP contribution in [-0.2, 0) is 16.1 Å². The first-order valence-corrected chi connectivity index (χ1v) is 7.46. The van der Waals surface area contributed by atoms with Crippen molar-refractivity contribution in [1.29, 1.82) is 0 Å². The van der Waals surface area contributed by atoms with Crippen LogP contribution in [0.15, 0.2) is 18.2 Å². The van der Waals surface area contributed by atoms with Crippen LogP contribution in [0.4, 0.5) is 0 Å². The highest BCUT2D eigenvalue weighted by Crippen LogP contribution is 2.27. The predicted molar refractivity (Wildman–Crippen MR) is 81.4 cm³/mol. The molecule has 1 heterocycles. The summed E-state index contributed by atoms with van der Waals surface area (Å²) in [5.74, 6) is 0.183. The maximum absolute atomic E-state index is 11.7. The zero-order chi connectivity index (χ0) is 15.2. The van der Waals surface area contributed by atoms with E-state index in [4.69, 9.17) is 16.3 Å². The van der Waals surface area contributed by atoms with E-state index < -0.39 is 0 Å². The highest BCUT2D eigenvalue weighted by molar-refractivity contribution is 6.32. The average Bonchev–Trinajstić information content (AvgIpc) is 2.49. The maximum atomic E-state index is 11.7. The van der Waals surface area contributed by atoms with E-state index in [0.717, 1.165) is 31.5 Å². The molecule has 21 heavy (non-hydrogen) atoms. The van der Waals surface area contributed by atoms with Gasteiger partial charge in [-0.1, -0.05) is 23.7 Å². The number of para-hydroxylation sites is 1. The minimum atomic E-state index is 0.0448. The van der Waals surface area contributed by atoms with Gasteiger partial charge in [0, 0.05) is 38.3 Å². The van der Waals surface area contributed by atoms with Gasteiger partial charge in [-0.3, -0.25) is 4.79 Å². The largest absolute Gasteiger partial charge is 0.506 e. The van der Waals surface area contributed by atoms with E-state index in [0.29, 0.717) is 17.6 Å². The SMILES string of the molecule is COCC(=O)N1CCC(NCc2cccc(Cl)c2O)CC1. The van der Waals surface area contributed by atoms with Gasteiger partial charge in [-0.2, -0.15) is 0 Å². The Balaban J connectivity index is 1.79. The lowest BCUT2D eigenvalue weighted by molar-refractivity contribution is -0.136. The van der Waals surface area contributed by atoms with Crippen LogP contribution >= 0.6 is 11.6 Å². The number of piperidine rings is 1. The predicted octanol–water partition coefficient (Wildman–Crippen LogP) is 1.77. The topological polar surface area (TPSA) is 61.8 Å². The third-order valence-corrected chi connectivity index (χ3v) is 4.07. The number of hydrogen-bond acceptors (Lipinski definition) is 4. The maximum Gasteiger partial charge on any atom is 0.248 e. The fraction of sp³-hybridized carbons (Fsp3) is 0.533. The molecule has 6 heteroatoms. The zero-order valence-corrected chi connectivity index (χ0v) is 12.9. The molecule has 1 saturated heterocycles. The summed E-state index contributed by atoms with van der Waals surface area (Å²) in [5, 5.41) is 13.6. The number of phenols is 1. The number of amides is 1. The van der Waals surface area contributed by atoms with Gasteiger partial charge in [0.1, 0.15) is 12.4 Å². The number of methoxy groups -OCH3 is 1. The van der Waals surface area contributed by atoms with Crippen molar-refractivity contribution in [3.05, 3.63) is 28.8 Å². The monoisotopic (exact) mass is 312 g/mol. The number of benzene rings is 1. The molecule has 5 nitrogen and oxygen atoms in total. The normalized spacial score (nSPS) is 16.2. The molecule has 0 aliphatic carbocycles. The molecule has 0 aromatic heterocycles. The molecule has 2 rings (SSSR count). The number of halogens is 1. The van der Waals surface area contributed by atoms with Crippen LogP contribution in [-0.4, -0.2) is 48.8 Å². The lowest BCUT2D eigenvalue weighted by Crippen LogP contribution is -2.45. The van der Waals surface area contributed by atoms with Gasteiger partial charge < -0.3 is 20.1 Å². The quantitative estimate of drug-likeness (QED) is 0.870. The first kappa shape index (κ1) is 16.1. The van der Waals surface area contributed by atoms with Crippen LogP contribution in [0.25, 0.3) is 0 Å². The first-order valence-electron chi connectivity index (χ1n) is 7.08. The molecule has 2 N–H and O–H groups in total. The standard InChI is InChI=1S/C15H21ClN2O3/c1-21-10-14(19)18-7-5-12(6-8-18)17-9-11-3-2-4-13(16)15(11)20/h2-4,12,17,20H,5-10H2,1H3. The Labute approximate surface area is 129 Å². The molecule has 0 radical (unpaired) electrons. The summed E-state index contributed by atoms with van der Waals surface area (Å²) in [4.78, 5) is 13.5. The van der Waals surface area contributed by atoms with Crippen LogP contribution in [0, 0.1) is 0 Å².